The molecule has 0 radical (unpaired) electrons. The summed E-state index contributed by atoms with van der Waals surface area (Å²) < 4.78 is 1.61. The van der Waals surface area contributed by atoms with Gasteiger partial charge in [-0.05, 0) is 37.3 Å². The van der Waals surface area contributed by atoms with Crippen LogP contribution in [-0.4, -0.2) is 30.7 Å². The van der Waals surface area contributed by atoms with Gasteiger partial charge in [-0.1, -0.05) is 54.1 Å². The second kappa shape index (κ2) is 6.82. The molecule has 158 valence electrons. The van der Waals surface area contributed by atoms with Gasteiger partial charge >= 0.3 is 5.97 Å². The van der Waals surface area contributed by atoms with E-state index in [1.165, 1.54) is 0 Å². The average molecular weight is 424 g/mol. The number of benzene rings is 2. The Morgan fingerprint density at radius 3 is 2.56 bits per heavy atom. The summed E-state index contributed by atoms with van der Waals surface area (Å²) >= 11 is 0. The molecule has 0 aliphatic heterocycles. The third-order valence-electron chi connectivity index (χ3n) is 6.78. The summed E-state index contributed by atoms with van der Waals surface area (Å²) in [5, 5.41) is 15.4. The highest BCUT2D eigenvalue weighted by Crippen LogP contribution is 2.52. The van der Waals surface area contributed by atoms with Crippen molar-refractivity contribution < 1.29 is 9.90 Å². The summed E-state index contributed by atoms with van der Waals surface area (Å²) in [6.07, 6.45) is 4.89. The molecule has 0 amide bonds. The molecule has 2 aliphatic carbocycles. The van der Waals surface area contributed by atoms with Crippen LogP contribution in [0.2, 0.25) is 0 Å². The Kier molecular flexibility index (Phi) is 4.02. The molecule has 7 heteroatoms. The third-order valence-corrected chi connectivity index (χ3v) is 6.78. The Balaban J connectivity index is 1.67. The van der Waals surface area contributed by atoms with Crippen LogP contribution in [0.25, 0.3) is 27.8 Å². The minimum absolute atomic E-state index is 0.0188. The first-order valence-corrected chi connectivity index (χ1v) is 10.7. The summed E-state index contributed by atoms with van der Waals surface area (Å²) in [5.41, 5.74) is 2.64. The van der Waals surface area contributed by atoms with Crippen LogP contribution in [0.5, 0.6) is 0 Å². The fourth-order valence-electron chi connectivity index (χ4n) is 5.27. The maximum atomic E-state index is 13.0. The molecule has 0 saturated heterocycles. The van der Waals surface area contributed by atoms with Crippen molar-refractivity contribution in [1.29, 1.82) is 0 Å². The number of aromatic nitrogens is 4. The number of fused-ring (bicyclic) bond motifs is 5. The zero-order valence-electron chi connectivity index (χ0n) is 17.3. The van der Waals surface area contributed by atoms with E-state index in [2.05, 4.69) is 11.1 Å². The number of aryl methyl sites for hydroxylation is 1. The number of para-hydroxylation sites is 1. The number of hydrogen-bond donors (Lipinski definition) is 1. The standard InChI is InChI=1S/C25H20N4O3/c1-13-6-8-14(9-7-13)21-24(30)27-22-17-4-2-3-5-18(17)26-23(29(22)28-21)19-15-10-11-16(12-15)20(19)25(31)32/h2-11,15-16,19-20H,12H2,1H3,(H,31,32). The van der Waals surface area contributed by atoms with E-state index in [1.807, 2.05) is 61.5 Å². The lowest BCUT2D eigenvalue weighted by atomic mass is 9.82. The van der Waals surface area contributed by atoms with Crippen molar-refractivity contribution in [2.24, 2.45) is 17.8 Å². The second-order valence-electron chi connectivity index (χ2n) is 8.69. The normalized spacial score (nSPS) is 23.9. The number of carboxylic acids is 1. The highest BCUT2D eigenvalue weighted by molar-refractivity contribution is 5.91. The average Bonchev–Trinajstić information content (AvgIpc) is 3.41. The molecule has 4 unspecified atom stereocenters. The molecular formula is C25H20N4O3. The van der Waals surface area contributed by atoms with E-state index < -0.39 is 17.4 Å². The van der Waals surface area contributed by atoms with Crippen molar-refractivity contribution >= 4 is 22.5 Å². The van der Waals surface area contributed by atoms with E-state index in [4.69, 9.17) is 10.1 Å². The van der Waals surface area contributed by atoms with Crippen molar-refractivity contribution in [1.82, 2.24) is 19.6 Å². The minimum atomic E-state index is -0.831. The van der Waals surface area contributed by atoms with Gasteiger partial charge in [0.05, 0.1) is 11.4 Å². The topological polar surface area (TPSA) is 97.5 Å². The smallest absolute Gasteiger partial charge is 0.307 e. The van der Waals surface area contributed by atoms with E-state index in [0.717, 1.165) is 12.0 Å². The van der Waals surface area contributed by atoms with Crippen molar-refractivity contribution in [3.8, 4) is 11.3 Å². The minimum Gasteiger partial charge on any atom is -0.481 e. The highest BCUT2D eigenvalue weighted by Gasteiger charge is 2.50. The Morgan fingerprint density at radius 2 is 1.78 bits per heavy atom. The first-order valence-electron chi connectivity index (χ1n) is 10.7. The lowest BCUT2D eigenvalue weighted by molar-refractivity contribution is -0.143. The van der Waals surface area contributed by atoms with Crippen molar-refractivity contribution in [2.45, 2.75) is 19.3 Å². The fourth-order valence-corrected chi connectivity index (χ4v) is 5.27. The van der Waals surface area contributed by atoms with E-state index in [-0.39, 0.29) is 23.4 Å². The second-order valence-corrected chi connectivity index (χ2v) is 8.69. The zero-order valence-corrected chi connectivity index (χ0v) is 17.3. The number of carboxylic acid groups (broad SMARTS) is 1. The number of carbonyl (C=O) groups is 1. The van der Waals surface area contributed by atoms with Gasteiger partial charge in [0.2, 0.25) is 0 Å². The summed E-state index contributed by atoms with van der Waals surface area (Å²) in [4.78, 5) is 34.5. The molecule has 4 atom stereocenters. The summed E-state index contributed by atoms with van der Waals surface area (Å²) in [6, 6.07) is 15.0. The van der Waals surface area contributed by atoms with Crippen LogP contribution in [0.1, 0.15) is 23.7 Å². The van der Waals surface area contributed by atoms with Crippen LogP contribution in [0.3, 0.4) is 0 Å². The van der Waals surface area contributed by atoms with E-state index in [9.17, 15) is 14.7 Å². The monoisotopic (exact) mass is 424 g/mol. The number of rotatable bonds is 3. The predicted octanol–water partition coefficient (Wildman–Crippen LogP) is 3.60. The van der Waals surface area contributed by atoms with Gasteiger partial charge in [-0.15, -0.1) is 0 Å². The first kappa shape index (κ1) is 18.9. The molecule has 0 spiro atoms. The fraction of sp³-hybridized carbons (Fsp3) is 0.240. The number of hydrogen-bond acceptors (Lipinski definition) is 5. The van der Waals surface area contributed by atoms with Gasteiger partial charge in [0.15, 0.2) is 11.3 Å². The van der Waals surface area contributed by atoms with Gasteiger partial charge in [0.25, 0.3) is 5.56 Å². The Morgan fingerprint density at radius 1 is 1.03 bits per heavy atom. The van der Waals surface area contributed by atoms with Gasteiger partial charge in [-0.2, -0.15) is 14.6 Å². The van der Waals surface area contributed by atoms with Crippen molar-refractivity contribution in [2.75, 3.05) is 0 Å². The highest BCUT2D eigenvalue weighted by atomic mass is 16.4. The number of nitrogens with zero attached hydrogens (tertiary/aromatic N) is 4. The summed E-state index contributed by atoms with van der Waals surface area (Å²) in [6.45, 7) is 1.98. The molecule has 2 heterocycles. The molecule has 1 fully saturated rings. The molecule has 4 aromatic rings. The third kappa shape index (κ3) is 2.70. The molecule has 2 aromatic carbocycles. The lowest BCUT2D eigenvalue weighted by Gasteiger charge is -2.25. The molecule has 2 aliphatic rings. The van der Waals surface area contributed by atoms with Crippen LogP contribution in [0.4, 0.5) is 0 Å². The SMILES string of the molecule is Cc1ccc(-c2nn3c(C4C5C=CC(C5)C4C(=O)O)nc4ccccc4c3nc2=O)cc1. The molecule has 1 N–H and O–H groups in total. The Bertz CT molecular complexity index is 1490. The maximum Gasteiger partial charge on any atom is 0.307 e. The molecule has 1 saturated carbocycles. The molecular weight excluding hydrogens is 404 g/mol. The van der Waals surface area contributed by atoms with Crippen LogP contribution in [-0.2, 0) is 4.79 Å². The quantitative estimate of drug-likeness (QED) is 0.399. The van der Waals surface area contributed by atoms with E-state index in [0.29, 0.717) is 27.9 Å². The van der Waals surface area contributed by atoms with Gasteiger partial charge in [-0.25, -0.2) is 4.98 Å². The van der Waals surface area contributed by atoms with Crippen LogP contribution >= 0.6 is 0 Å². The summed E-state index contributed by atoms with van der Waals surface area (Å²) in [7, 11) is 0. The molecule has 2 aromatic heterocycles. The van der Waals surface area contributed by atoms with Crippen LogP contribution < -0.4 is 5.56 Å². The number of aliphatic carboxylic acids is 1. The van der Waals surface area contributed by atoms with Gasteiger partial charge in [0, 0.05) is 16.9 Å². The summed E-state index contributed by atoms with van der Waals surface area (Å²) in [5.74, 6) is -1.15. The lowest BCUT2D eigenvalue weighted by Crippen LogP contribution is -2.29. The Labute approximate surface area is 183 Å². The van der Waals surface area contributed by atoms with Crippen LogP contribution in [0, 0.1) is 24.7 Å². The zero-order chi connectivity index (χ0) is 22.0. The van der Waals surface area contributed by atoms with Crippen molar-refractivity contribution in [3.63, 3.8) is 0 Å². The number of allylic oxidation sites excluding steroid dienone is 2. The predicted molar refractivity (Wildman–Crippen MR) is 119 cm³/mol. The van der Waals surface area contributed by atoms with Crippen LogP contribution in [0.15, 0.2) is 65.5 Å². The van der Waals surface area contributed by atoms with Gasteiger partial charge in [0.1, 0.15) is 5.82 Å². The van der Waals surface area contributed by atoms with Gasteiger partial charge in [-0.3, -0.25) is 9.59 Å². The molecule has 32 heavy (non-hydrogen) atoms. The van der Waals surface area contributed by atoms with Crippen molar-refractivity contribution in [3.05, 3.63) is 82.4 Å². The van der Waals surface area contributed by atoms with E-state index >= 15 is 0 Å². The van der Waals surface area contributed by atoms with Gasteiger partial charge < -0.3 is 5.11 Å². The molecule has 2 bridgehead atoms. The largest absolute Gasteiger partial charge is 0.481 e. The molecule has 6 rings (SSSR count). The van der Waals surface area contributed by atoms with E-state index in [1.54, 1.807) is 4.52 Å². The Hall–Kier alpha value is -3.87. The first-order chi connectivity index (χ1) is 15.5. The molecule has 7 nitrogen and oxygen atoms in total. The maximum absolute atomic E-state index is 13.0.